The van der Waals surface area contributed by atoms with Crippen molar-refractivity contribution in [2.45, 2.75) is 27.2 Å². The molecule has 0 unspecified atom stereocenters. The Balaban J connectivity index is 4.45. The molecule has 0 amide bonds. The minimum Gasteiger partial charge on any atom is -0.292 e. The first kappa shape index (κ1) is 10.4. The number of hydrogen-bond acceptors (Lipinski definition) is 3. The third-order valence-corrected chi connectivity index (χ3v) is 1.32. The fourth-order valence-electron chi connectivity index (χ4n) is 0.585. The van der Waals surface area contributed by atoms with E-state index in [0.717, 1.165) is 5.71 Å². The molecular formula is C8H13NOS. The van der Waals surface area contributed by atoms with E-state index in [2.05, 4.69) is 17.6 Å². The highest BCUT2D eigenvalue weighted by Crippen LogP contribution is 2.03. The van der Waals surface area contributed by atoms with Crippen LogP contribution in [0.1, 0.15) is 27.2 Å². The molecule has 0 N–H and O–H groups in total. The molecule has 0 fully saturated rings. The van der Waals surface area contributed by atoms with Gasteiger partial charge in [0.05, 0.1) is 0 Å². The predicted octanol–water partition coefficient (Wildman–Crippen LogP) is 2.22. The Kier molecular flexibility index (Phi) is 4.86. The highest BCUT2D eigenvalue weighted by molar-refractivity contribution is 7.83. The largest absolute Gasteiger partial charge is 0.292 e. The second-order valence-electron chi connectivity index (χ2n) is 2.35. The van der Waals surface area contributed by atoms with Crippen LogP contribution in [0, 0.1) is 0 Å². The van der Waals surface area contributed by atoms with E-state index < -0.39 is 0 Å². The molecular weight excluding hydrogens is 158 g/mol. The third kappa shape index (κ3) is 3.98. The van der Waals surface area contributed by atoms with E-state index in [1.807, 2.05) is 13.8 Å². The van der Waals surface area contributed by atoms with Crippen molar-refractivity contribution >= 4 is 24.1 Å². The van der Waals surface area contributed by atoms with E-state index in [1.165, 1.54) is 5.41 Å². The Morgan fingerprint density at radius 2 is 2.09 bits per heavy atom. The summed E-state index contributed by atoms with van der Waals surface area (Å²) in [5, 5.41) is 1.44. The average Bonchev–Trinajstić information content (AvgIpc) is 1.98. The number of ketones is 1. The molecule has 0 radical (unpaired) electrons. The first-order chi connectivity index (χ1) is 5.11. The first-order valence-corrected chi connectivity index (χ1v) is 4.03. The molecule has 3 heteroatoms. The maximum atomic E-state index is 11.1. The lowest BCUT2D eigenvalue weighted by molar-refractivity contribution is -0.115. The van der Waals surface area contributed by atoms with E-state index >= 15 is 0 Å². The highest BCUT2D eigenvalue weighted by atomic mass is 32.1. The van der Waals surface area contributed by atoms with Crippen LogP contribution < -0.4 is 0 Å². The third-order valence-electron chi connectivity index (χ3n) is 1.07. The monoisotopic (exact) mass is 171 g/mol. The van der Waals surface area contributed by atoms with Crippen LogP contribution in [0.4, 0.5) is 0 Å². The van der Waals surface area contributed by atoms with Crippen LogP contribution in [0.3, 0.4) is 0 Å². The van der Waals surface area contributed by atoms with Crippen LogP contribution >= 0.6 is 12.6 Å². The molecule has 0 saturated carbocycles. The standard InChI is InChI=1S/C8H13NOS/c1-4-8(10)7(5-11)9-6(2)3/h5,11H,4H2,1-3H3/b7-5-. The van der Waals surface area contributed by atoms with Gasteiger partial charge in [0.2, 0.25) is 0 Å². The summed E-state index contributed by atoms with van der Waals surface area (Å²) in [6.07, 6.45) is 0.475. The quantitative estimate of drug-likeness (QED) is 0.394. The SMILES string of the molecule is CCC(=O)/C(=C/S)N=C(C)C. The van der Waals surface area contributed by atoms with Gasteiger partial charge >= 0.3 is 0 Å². The molecule has 0 bridgehead atoms. The van der Waals surface area contributed by atoms with E-state index in [0.29, 0.717) is 12.1 Å². The normalized spacial score (nSPS) is 11.1. The van der Waals surface area contributed by atoms with Gasteiger partial charge in [0.25, 0.3) is 0 Å². The number of Topliss-reactive ketones (excluding diaryl/α,β-unsaturated/α-hetero) is 1. The van der Waals surface area contributed by atoms with Crippen LogP contribution in [0.2, 0.25) is 0 Å². The summed E-state index contributed by atoms with van der Waals surface area (Å²) in [5.74, 6) is 0.0289. The number of allylic oxidation sites excluding steroid dienone is 1. The Morgan fingerprint density at radius 3 is 2.36 bits per heavy atom. The van der Waals surface area contributed by atoms with Crippen molar-refractivity contribution in [3.05, 3.63) is 11.1 Å². The van der Waals surface area contributed by atoms with Gasteiger partial charge in [-0.3, -0.25) is 9.79 Å². The van der Waals surface area contributed by atoms with Gasteiger partial charge in [-0.1, -0.05) is 6.92 Å². The Morgan fingerprint density at radius 1 is 1.55 bits per heavy atom. The molecule has 0 aliphatic rings. The van der Waals surface area contributed by atoms with Crippen LogP contribution in [0.5, 0.6) is 0 Å². The van der Waals surface area contributed by atoms with Crippen molar-refractivity contribution in [1.29, 1.82) is 0 Å². The molecule has 0 aromatic heterocycles. The van der Waals surface area contributed by atoms with Crippen LogP contribution in [-0.4, -0.2) is 11.5 Å². The molecule has 0 aliphatic carbocycles. The number of carbonyl (C=O) groups is 1. The molecule has 0 spiro atoms. The number of aliphatic imine (C=N–C) groups is 1. The molecule has 0 saturated heterocycles. The van der Waals surface area contributed by atoms with Crippen molar-refractivity contribution < 1.29 is 4.79 Å². The lowest BCUT2D eigenvalue weighted by atomic mass is 10.2. The zero-order chi connectivity index (χ0) is 8.85. The predicted molar refractivity (Wildman–Crippen MR) is 51.2 cm³/mol. The molecule has 2 nitrogen and oxygen atoms in total. The van der Waals surface area contributed by atoms with Gasteiger partial charge in [0, 0.05) is 12.1 Å². The maximum Gasteiger partial charge on any atom is 0.181 e. The van der Waals surface area contributed by atoms with Gasteiger partial charge in [-0.25, -0.2) is 0 Å². The van der Waals surface area contributed by atoms with Gasteiger partial charge in [-0.15, -0.1) is 12.6 Å². The molecule has 0 rings (SSSR count). The minimum atomic E-state index is 0.0289. The molecule has 0 heterocycles. The summed E-state index contributed by atoms with van der Waals surface area (Å²) < 4.78 is 0. The topological polar surface area (TPSA) is 29.4 Å². The van der Waals surface area contributed by atoms with E-state index in [9.17, 15) is 4.79 Å². The van der Waals surface area contributed by atoms with E-state index in [-0.39, 0.29) is 5.78 Å². The zero-order valence-corrected chi connectivity index (χ0v) is 7.98. The van der Waals surface area contributed by atoms with E-state index in [4.69, 9.17) is 0 Å². The summed E-state index contributed by atoms with van der Waals surface area (Å²) in [6.45, 7) is 5.50. The van der Waals surface area contributed by atoms with Gasteiger partial charge in [0.15, 0.2) is 5.78 Å². The number of rotatable bonds is 3. The molecule has 62 valence electrons. The average molecular weight is 171 g/mol. The van der Waals surface area contributed by atoms with Crippen molar-refractivity contribution in [1.82, 2.24) is 0 Å². The number of thiol groups is 1. The lowest BCUT2D eigenvalue weighted by Gasteiger charge is -1.96. The van der Waals surface area contributed by atoms with E-state index in [1.54, 1.807) is 6.92 Å². The molecule has 0 atom stereocenters. The van der Waals surface area contributed by atoms with Crippen molar-refractivity contribution in [2.75, 3.05) is 0 Å². The van der Waals surface area contributed by atoms with Gasteiger partial charge in [0.1, 0.15) is 5.70 Å². The molecule has 11 heavy (non-hydrogen) atoms. The maximum absolute atomic E-state index is 11.1. The van der Waals surface area contributed by atoms with Crippen LogP contribution in [0.25, 0.3) is 0 Å². The second kappa shape index (κ2) is 5.13. The Hall–Kier alpha value is -0.570. The fraction of sp³-hybridized carbons (Fsp3) is 0.500. The minimum absolute atomic E-state index is 0.0289. The zero-order valence-electron chi connectivity index (χ0n) is 7.09. The van der Waals surface area contributed by atoms with Gasteiger partial charge in [-0.05, 0) is 19.3 Å². The summed E-state index contributed by atoms with van der Waals surface area (Å²) in [4.78, 5) is 15.1. The van der Waals surface area contributed by atoms with Crippen molar-refractivity contribution in [3.8, 4) is 0 Å². The first-order valence-electron chi connectivity index (χ1n) is 3.51. The van der Waals surface area contributed by atoms with Gasteiger partial charge < -0.3 is 0 Å². The number of nitrogens with zero attached hydrogens (tertiary/aromatic N) is 1. The van der Waals surface area contributed by atoms with Crippen LogP contribution in [0.15, 0.2) is 16.1 Å². The van der Waals surface area contributed by atoms with Crippen LogP contribution in [-0.2, 0) is 4.79 Å². The fourth-order valence-corrected chi connectivity index (χ4v) is 0.787. The summed E-state index contributed by atoms with van der Waals surface area (Å²) in [7, 11) is 0. The van der Waals surface area contributed by atoms with Crippen molar-refractivity contribution in [3.63, 3.8) is 0 Å². The summed E-state index contributed by atoms with van der Waals surface area (Å²) in [5.41, 5.74) is 1.31. The smallest absolute Gasteiger partial charge is 0.181 e. The van der Waals surface area contributed by atoms with Gasteiger partial charge in [-0.2, -0.15) is 0 Å². The molecule has 0 aliphatic heterocycles. The summed E-state index contributed by atoms with van der Waals surface area (Å²) >= 11 is 3.89. The number of hydrogen-bond donors (Lipinski definition) is 1. The second-order valence-corrected chi connectivity index (χ2v) is 2.61. The Labute approximate surface area is 72.8 Å². The Bertz CT molecular complexity index is 202. The molecule has 0 aromatic carbocycles. The summed E-state index contributed by atoms with van der Waals surface area (Å²) in [6, 6.07) is 0. The highest BCUT2D eigenvalue weighted by Gasteiger charge is 2.03. The van der Waals surface area contributed by atoms with Crippen molar-refractivity contribution in [2.24, 2.45) is 4.99 Å². The number of carbonyl (C=O) groups excluding carboxylic acids is 1. The molecule has 0 aromatic rings. The lowest BCUT2D eigenvalue weighted by Crippen LogP contribution is -1.99.